The van der Waals surface area contributed by atoms with Crippen molar-refractivity contribution >= 4 is 27.5 Å². The van der Waals surface area contributed by atoms with Crippen molar-refractivity contribution in [2.75, 3.05) is 51.6 Å². The van der Waals surface area contributed by atoms with Gasteiger partial charge in [-0.3, -0.25) is 9.59 Å². The maximum Gasteiger partial charge on any atom is 0.243 e. The predicted molar refractivity (Wildman–Crippen MR) is 107 cm³/mol. The first-order chi connectivity index (χ1) is 13.3. The molecule has 0 bridgehead atoms. The Kier molecular flexibility index (Phi) is 6.36. The quantitative estimate of drug-likeness (QED) is 0.776. The molecule has 2 aliphatic rings. The van der Waals surface area contributed by atoms with E-state index in [1.807, 2.05) is 0 Å². The average molecular weight is 409 g/mol. The summed E-state index contributed by atoms with van der Waals surface area (Å²) in [5.41, 5.74) is 1.47. The minimum Gasteiger partial charge on any atom is -0.339 e. The van der Waals surface area contributed by atoms with E-state index in [1.165, 1.54) is 13.1 Å². The number of carbonyl (C=O) groups excluding carboxylic acids is 2. The normalized spacial score (nSPS) is 18.5. The van der Waals surface area contributed by atoms with Crippen LogP contribution < -0.4 is 5.32 Å². The van der Waals surface area contributed by atoms with Crippen LogP contribution >= 0.6 is 0 Å². The van der Waals surface area contributed by atoms with Crippen molar-refractivity contribution in [3.05, 3.63) is 23.8 Å². The van der Waals surface area contributed by atoms with Crippen LogP contribution in [0.1, 0.15) is 25.3 Å². The van der Waals surface area contributed by atoms with Crippen molar-refractivity contribution in [2.24, 2.45) is 0 Å². The molecule has 0 aromatic heterocycles. The van der Waals surface area contributed by atoms with E-state index in [4.69, 9.17) is 0 Å². The molecule has 2 heterocycles. The van der Waals surface area contributed by atoms with Crippen LogP contribution in [0.25, 0.3) is 0 Å². The first kappa shape index (κ1) is 20.8. The number of amides is 2. The molecule has 8 nitrogen and oxygen atoms in total. The second-order valence-electron chi connectivity index (χ2n) is 7.30. The van der Waals surface area contributed by atoms with Gasteiger partial charge in [-0.2, -0.15) is 4.31 Å². The Hall–Kier alpha value is -1.97. The summed E-state index contributed by atoms with van der Waals surface area (Å²) >= 11 is 0. The Labute approximate surface area is 166 Å². The lowest BCUT2D eigenvalue weighted by Gasteiger charge is -2.34. The summed E-state index contributed by atoms with van der Waals surface area (Å²) in [6.07, 6.45) is 1.75. The number of anilines is 1. The minimum atomic E-state index is -3.78. The van der Waals surface area contributed by atoms with Gasteiger partial charge in [-0.15, -0.1) is 0 Å². The maximum absolute atomic E-state index is 12.9. The van der Waals surface area contributed by atoms with Crippen molar-refractivity contribution in [3.8, 4) is 0 Å². The smallest absolute Gasteiger partial charge is 0.243 e. The number of hydrogen-bond donors (Lipinski definition) is 1. The molecule has 0 spiro atoms. The number of hydrogen-bond acceptors (Lipinski definition) is 5. The van der Waals surface area contributed by atoms with Gasteiger partial charge in [-0.25, -0.2) is 8.42 Å². The summed E-state index contributed by atoms with van der Waals surface area (Å²) in [4.78, 5) is 28.4. The minimum absolute atomic E-state index is 0.0553. The number of likely N-dealkylation sites (N-methyl/N-ethyl adjacent to an activating group) is 2. The lowest BCUT2D eigenvalue weighted by molar-refractivity contribution is -0.132. The molecule has 0 unspecified atom stereocenters. The molecule has 1 aromatic rings. The lowest BCUT2D eigenvalue weighted by atomic mass is 10.1. The molecule has 1 N–H and O–H groups in total. The molecule has 0 saturated carbocycles. The van der Waals surface area contributed by atoms with Gasteiger partial charge in [0.05, 0.1) is 11.4 Å². The summed E-state index contributed by atoms with van der Waals surface area (Å²) in [6, 6.07) is 4.73. The van der Waals surface area contributed by atoms with Gasteiger partial charge in [0.15, 0.2) is 0 Å². The predicted octanol–water partition coefficient (Wildman–Crippen LogP) is 0.746. The number of carbonyl (C=O) groups is 2. The largest absolute Gasteiger partial charge is 0.339 e. The fourth-order valence-corrected chi connectivity index (χ4v) is 4.75. The fourth-order valence-electron chi connectivity index (χ4n) is 3.58. The van der Waals surface area contributed by atoms with E-state index >= 15 is 0 Å². The molecule has 2 aliphatic heterocycles. The molecule has 0 aliphatic carbocycles. The van der Waals surface area contributed by atoms with E-state index in [9.17, 15) is 18.0 Å². The molecule has 3 rings (SSSR count). The van der Waals surface area contributed by atoms with Crippen LogP contribution in [-0.2, 0) is 26.0 Å². The molecule has 9 heteroatoms. The summed E-state index contributed by atoms with van der Waals surface area (Å²) in [5.74, 6) is -0.232. The lowest BCUT2D eigenvalue weighted by Crippen LogP contribution is -2.51. The molecule has 1 saturated heterocycles. The van der Waals surface area contributed by atoms with Crippen molar-refractivity contribution in [1.82, 2.24) is 14.1 Å². The van der Waals surface area contributed by atoms with E-state index in [2.05, 4.69) is 17.1 Å². The van der Waals surface area contributed by atoms with Crippen LogP contribution in [-0.4, -0.2) is 80.7 Å². The monoisotopic (exact) mass is 408 g/mol. The highest BCUT2D eigenvalue weighted by Crippen LogP contribution is 2.26. The van der Waals surface area contributed by atoms with Crippen LogP contribution in [0.4, 0.5) is 5.69 Å². The number of nitrogens with zero attached hydrogens (tertiary/aromatic N) is 3. The molecular weight excluding hydrogens is 380 g/mol. The SMILES string of the molecule is CCN1CCN(C(=O)CN(C)S(=O)(=O)c2ccc3c(c2)CCCC(=O)N3)CC1. The van der Waals surface area contributed by atoms with Crippen molar-refractivity contribution < 1.29 is 18.0 Å². The van der Waals surface area contributed by atoms with Crippen molar-refractivity contribution in [2.45, 2.75) is 31.1 Å². The first-order valence-corrected chi connectivity index (χ1v) is 11.1. The van der Waals surface area contributed by atoms with Crippen LogP contribution in [0.5, 0.6) is 0 Å². The standard InChI is InChI=1S/C19H28N4O4S/c1-3-22-9-11-23(12-10-22)19(25)14-21(2)28(26,27)16-7-8-17-15(13-16)5-4-6-18(24)20-17/h7-8,13H,3-6,9-12,14H2,1-2H3,(H,20,24). The molecule has 1 aromatic carbocycles. The molecular formula is C19H28N4O4S. The highest BCUT2D eigenvalue weighted by molar-refractivity contribution is 7.89. The number of piperazine rings is 1. The molecule has 0 atom stereocenters. The third-order valence-corrected chi connectivity index (χ3v) is 7.24. The van der Waals surface area contributed by atoms with Gasteiger partial charge in [-0.1, -0.05) is 6.92 Å². The zero-order valence-corrected chi connectivity index (χ0v) is 17.3. The van der Waals surface area contributed by atoms with Gasteiger partial charge < -0.3 is 15.1 Å². The zero-order valence-electron chi connectivity index (χ0n) is 16.5. The summed E-state index contributed by atoms with van der Waals surface area (Å²) in [7, 11) is -2.35. The molecule has 154 valence electrons. The number of benzene rings is 1. The molecule has 0 radical (unpaired) electrons. The fraction of sp³-hybridized carbons (Fsp3) is 0.579. The summed E-state index contributed by atoms with van der Waals surface area (Å²) < 4.78 is 27.0. The summed E-state index contributed by atoms with van der Waals surface area (Å²) in [6.45, 7) is 5.74. The number of sulfonamides is 1. The van der Waals surface area contributed by atoms with Gasteiger partial charge in [0, 0.05) is 45.3 Å². The van der Waals surface area contributed by atoms with Crippen molar-refractivity contribution in [3.63, 3.8) is 0 Å². The second-order valence-corrected chi connectivity index (χ2v) is 9.34. The Bertz CT molecular complexity index is 847. The Morgan fingerprint density at radius 1 is 1.18 bits per heavy atom. The molecule has 1 fully saturated rings. The van der Waals surface area contributed by atoms with Crippen LogP contribution in [0.2, 0.25) is 0 Å². The topological polar surface area (TPSA) is 90.0 Å². The average Bonchev–Trinajstić information content (AvgIpc) is 2.87. The number of fused-ring (bicyclic) bond motifs is 1. The van der Waals surface area contributed by atoms with Gasteiger partial charge in [-0.05, 0) is 43.1 Å². The molecule has 28 heavy (non-hydrogen) atoms. The van der Waals surface area contributed by atoms with Gasteiger partial charge in [0.2, 0.25) is 21.8 Å². The Morgan fingerprint density at radius 3 is 2.57 bits per heavy atom. The van der Waals surface area contributed by atoms with E-state index in [0.717, 1.165) is 29.5 Å². The van der Waals surface area contributed by atoms with E-state index in [0.29, 0.717) is 38.0 Å². The number of rotatable bonds is 5. The van der Waals surface area contributed by atoms with E-state index in [1.54, 1.807) is 17.0 Å². The highest BCUT2D eigenvalue weighted by atomic mass is 32.2. The van der Waals surface area contributed by atoms with E-state index < -0.39 is 10.0 Å². The number of aryl methyl sites for hydroxylation is 1. The van der Waals surface area contributed by atoms with Crippen LogP contribution in [0, 0.1) is 0 Å². The summed E-state index contributed by atoms with van der Waals surface area (Å²) in [5, 5.41) is 2.80. The van der Waals surface area contributed by atoms with Crippen LogP contribution in [0.15, 0.2) is 23.1 Å². The third-order valence-electron chi connectivity index (χ3n) is 5.44. The molecule has 2 amide bonds. The third kappa shape index (κ3) is 4.53. The second kappa shape index (κ2) is 8.59. The highest BCUT2D eigenvalue weighted by Gasteiger charge is 2.27. The van der Waals surface area contributed by atoms with Gasteiger partial charge in [0.25, 0.3) is 0 Å². The van der Waals surface area contributed by atoms with Crippen LogP contribution in [0.3, 0.4) is 0 Å². The van der Waals surface area contributed by atoms with Gasteiger partial charge >= 0.3 is 0 Å². The number of nitrogens with one attached hydrogen (secondary N) is 1. The maximum atomic E-state index is 12.9. The first-order valence-electron chi connectivity index (χ1n) is 9.70. The Morgan fingerprint density at radius 2 is 1.89 bits per heavy atom. The zero-order chi connectivity index (χ0) is 20.3. The Balaban J connectivity index is 1.69. The van der Waals surface area contributed by atoms with E-state index in [-0.39, 0.29) is 23.3 Å². The van der Waals surface area contributed by atoms with Gasteiger partial charge in [0.1, 0.15) is 0 Å². The van der Waals surface area contributed by atoms with Crippen molar-refractivity contribution in [1.29, 1.82) is 0 Å².